The van der Waals surface area contributed by atoms with E-state index in [1.165, 1.54) is 4.90 Å². The molecule has 1 amide bonds. The van der Waals surface area contributed by atoms with E-state index >= 15 is 0 Å². The fraction of sp³-hybridized carbons (Fsp3) is 0.364. The molecule has 0 fully saturated rings. The van der Waals surface area contributed by atoms with Crippen molar-refractivity contribution in [2.24, 2.45) is 0 Å². The van der Waals surface area contributed by atoms with Gasteiger partial charge in [0.1, 0.15) is 6.73 Å². The van der Waals surface area contributed by atoms with Crippen LogP contribution in [0.15, 0.2) is 22.7 Å². The molecule has 80 valence electrons. The van der Waals surface area contributed by atoms with Crippen molar-refractivity contribution in [3.05, 3.63) is 28.2 Å². The van der Waals surface area contributed by atoms with Crippen molar-refractivity contribution in [2.45, 2.75) is 19.3 Å². The van der Waals surface area contributed by atoms with Crippen LogP contribution in [0.25, 0.3) is 0 Å². The number of amides is 1. The van der Waals surface area contributed by atoms with Gasteiger partial charge < -0.3 is 5.11 Å². The zero-order valence-corrected chi connectivity index (χ0v) is 10.2. The number of halogens is 1. The molecule has 0 aliphatic carbocycles. The van der Waals surface area contributed by atoms with Crippen LogP contribution in [0, 0.1) is 0 Å². The minimum absolute atomic E-state index is 0.0573. The van der Waals surface area contributed by atoms with E-state index in [0.29, 0.717) is 0 Å². The van der Waals surface area contributed by atoms with E-state index in [2.05, 4.69) is 15.9 Å². The predicted molar refractivity (Wildman–Crippen MR) is 61.7 cm³/mol. The van der Waals surface area contributed by atoms with E-state index in [4.69, 9.17) is 0 Å². The maximum atomic E-state index is 12.0. The molecule has 2 rings (SSSR count). The number of carbonyl (C=O) groups excluding carboxylic acids is 1. The number of hydrogen-bond donors (Lipinski definition) is 1. The Bertz CT molecular complexity index is 429. The Morgan fingerprint density at radius 2 is 2.13 bits per heavy atom. The molecule has 1 aromatic carbocycles. The van der Waals surface area contributed by atoms with Crippen LogP contribution < -0.4 is 4.90 Å². The van der Waals surface area contributed by atoms with Crippen LogP contribution in [0.5, 0.6) is 0 Å². The van der Waals surface area contributed by atoms with Crippen molar-refractivity contribution in [3.8, 4) is 0 Å². The van der Waals surface area contributed by atoms with Crippen LogP contribution in [-0.2, 0) is 10.2 Å². The van der Waals surface area contributed by atoms with Crippen molar-refractivity contribution in [1.82, 2.24) is 0 Å². The van der Waals surface area contributed by atoms with E-state index in [9.17, 15) is 9.90 Å². The van der Waals surface area contributed by atoms with Gasteiger partial charge in [-0.25, -0.2) is 0 Å². The lowest BCUT2D eigenvalue weighted by Crippen LogP contribution is -2.36. The summed E-state index contributed by atoms with van der Waals surface area (Å²) in [6.45, 7) is 3.48. The lowest BCUT2D eigenvalue weighted by Gasteiger charge is -2.17. The Labute approximate surface area is 96.8 Å². The number of benzene rings is 1. The fourth-order valence-electron chi connectivity index (χ4n) is 1.95. The molecule has 4 heteroatoms. The quantitative estimate of drug-likeness (QED) is 0.848. The summed E-state index contributed by atoms with van der Waals surface area (Å²) in [5.74, 6) is -0.0573. The zero-order valence-electron chi connectivity index (χ0n) is 8.62. The Morgan fingerprint density at radius 3 is 2.73 bits per heavy atom. The lowest BCUT2D eigenvalue weighted by atomic mass is 9.86. The second-order valence-electron chi connectivity index (χ2n) is 4.16. The number of fused-ring (bicyclic) bond motifs is 1. The third-order valence-corrected chi connectivity index (χ3v) is 3.34. The Balaban J connectivity index is 2.65. The van der Waals surface area contributed by atoms with Crippen molar-refractivity contribution < 1.29 is 9.90 Å². The number of anilines is 1. The first kappa shape index (κ1) is 10.6. The molecule has 0 radical (unpaired) electrons. The summed E-state index contributed by atoms with van der Waals surface area (Å²) in [5, 5.41) is 9.18. The predicted octanol–water partition coefficient (Wildman–Crippen LogP) is 2.02. The van der Waals surface area contributed by atoms with Crippen LogP contribution in [0.2, 0.25) is 0 Å². The van der Waals surface area contributed by atoms with Gasteiger partial charge in [0.05, 0.1) is 11.1 Å². The average molecular weight is 270 g/mol. The molecule has 0 spiro atoms. The number of aliphatic hydroxyl groups excluding tert-OH is 1. The smallest absolute Gasteiger partial charge is 0.239 e. The van der Waals surface area contributed by atoms with E-state index in [-0.39, 0.29) is 12.6 Å². The van der Waals surface area contributed by atoms with Gasteiger partial charge in [-0.15, -0.1) is 0 Å². The normalized spacial score (nSPS) is 18.1. The molecule has 1 aliphatic rings. The summed E-state index contributed by atoms with van der Waals surface area (Å²) < 4.78 is 0.946. The molecular formula is C11H12BrNO2. The average Bonchev–Trinajstić information content (AvgIpc) is 2.37. The summed E-state index contributed by atoms with van der Waals surface area (Å²) in [6.07, 6.45) is 0. The van der Waals surface area contributed by atoms with E-state index in [0.717, 1.165) is 15.7 Å². The molecule has 1 aliphatic heterocycles. The Kier molecular flexibility index (Phi) is 2.35. The van der Waals surface area contributed by atoms with Crippen LogP contribution in [0.3, 0.4) is 0 Å². The molecule has 0 bridgehead atoms. The largest absolute Gasteiger partial charge is 0.376 e. The van der Waals surface area contributed by atoms with Gasteiger partial charge in [-0.05, 0) is 37.6 Å². The SMILES string of the molecule is CC1(C)C(=O)N(CO)c2ccc(Br)cc21. The highest BCUT2D eigenvalue weighted by atomic mass is 79.9. The van der Waals surface area contributed by atoms with Gasteiger partial charge in [-0.3, -0.25) is 9.69 Å². The first-order chi connectivity index (χ1) is 6.98. The Hall–Kier alpha value is -0.870. The van der Waals surface area contributed by atoms with E-state index in [1.54, 1.807) is 0 Å². The molecule has 1 N–H and O–H groups in total. The highest BCUT2D eigenvalue weighted by Crippen LogP contribution is 2.42. The zero-order chi connectivity index (χ0) is 11.2. The summed E-state index contributed by atoms with van der Waals surface area (Å²) in [5.41, 5.74) is 1.20. The number of nitrogens with zero attached hydrogens (tertiary/aromatic N) is 1. The van der Waals surface area contributed by atoms with E-state index < -0.39 is 5.41 Å². The van der Waals surface area contributed by atoms with Gasteiger partial charge >= 0.3 is 0 Å². The number of hydrogen-bond acceptors (Lipinski definition) is 2. The summed E-state index contributed by atoms with van der Waals surface area (Å²) in [7, 11) is 0. The lowest BCUT2D eigenvalue weighted by molar-refractivity contribution is -0.122. The molecule has 0 atom stereocenters. The second-order valence-corrected chi connectivity index (χ2v) is 5.08. The highest BCUT2D eigenvalue weighted by molar-refractivity contribution is 9.10. The van der Waals surface area contributed by atoms with Gasteiger partial charge in [-0.2, -0.15) is 0 Å². The van der Waals surface area contributed by atoms with Crippen molar-refractivity contribution in [2.75, 3.05) is 11.6 Å². The standard InChI is InChI=1S/C11H12BrNO2/c1-11(2)8-5-7(12)3-4-9(8)13(6-14)10(11)15/h3-5,14H,6H2,1-2H3. The molecule has 15 heavy (non-hydrogen) atoms. The summed E-state index contributed by atoms with van der Waals surface area (Å²) in [6, 6.07) is 5.65. The van der Waals surface area contributed by atoms with Gasteiger partial charge in [-0.1, -0.05) is 15.9 Å². The molecule has 0 saturated heterocycles. The first-order valence-electron chi connectivity index (χ1n) is 4.71. The maximum absolute atomic E-state index is 12.0. The highest BCUT2D eigenvalue weighted by Gasteiger charge is 2.43. The minimum atomic E-state index is -0.554. The monoisotopic (exact) mass is 269 g/mol. The molecular weight excluding hydrogens is 258 g/mol. The van der Waals surface area contributed by atoms with Gasteiger partial charge in [0.25, 0.3) is 0 Å². The molecule has 0 unspecified atom stereocenters. The Morgan fingerprint density at radius 1 is 1.47 bits per heavy atom. The first-order valence-corrected chi connectivity index (χ1v) is 5.50. The van der Waals surface area contributed by atoms with Crippen LogP contribution in [-0.4, -0.2) is 17.7 Å². The van der Waals surface area contributed by atoms with Crippen molar-refractivity contribution >= 4 is 27.5 Å². The summed E-state index contributed by atoms with van der Waals surface area (Å²) in [4.78, 5) is 13.4. The number of aliphatic hydroxyl groups is 1. The topological polar surface area (TPSA) is 40.5 Å². The number of rotatable bonds is 1. The van der Waals surface area contributed by atoms with Crippen LogP contribution >= 0.6 is 15.9 Å². The molecule has 3 nitrogen and oxygen atoms in total. The fourth-order valence-corrected chi connectivity index (χ4v) is 2.31. The van der Waals surface area contributed by atoms with Gasteiger partial charge in [0.15, 0.2) is 0 Å². The molecule has 0 saturated carbocycles. The van der Waals surface area contributed by atoms with Crippen molar-refractivity contribution in [1.29, 1.82) is 0 Å². The molecule has 1 heterocycles. The molecule has 1 aromatic rings. The van der Waals surface area contributed by atoms with Gasteiger partial charge in [0.2, 0.25) is 5.91 Å². The maximum Gasteiger partial charge on any atom is 0.239 e. The number of carbonyl (C=O) groups is 1. The van der Waals surface area contributed by atoms with Crippen LogP contribution in [0.4, 0.5) is 5.69 Å². The third kappa shape index (κ3) is 1.40. The summed E-state index contributed by atoms with van der Waals surface area (Å²) >= 11 is 3.39. The van der Waals surface area contributed by atoms with E-state index in [1.807, 2.05) is 32.0 Å². The van der Waals surface area contributed by atoms with Gasteiger partial charge in [0, 0.05) is 4.47 Å². The third-order valence-electron chi connectivity index (χ3n) is 2.84. The second kappa shape index (κ2) is 3.32. The van der Waals surface area contributed by atoms with Crippen molar-refractivity contribution in [3.63, 3.8) is 0 Å². The molecule has 0 aromatic heterocycles. The minimum Gasteiger partial charge on any atom is -0.376 e. The van der Waals surface area contributed by atoms with Crippen LogP contribution in [0.1, 0.15) is 19.4 Å².